The second-order valence-corrected chi connectivity index (χ2v) is 1.94. The number of hydrogen-bond donors (Lipinski definition) is 2. The van der Waals surface area contributed by atoms with Gasteiger partial charge >= 0.3 is 0 Å². The van der Waals surface area contributed by atoms with Gasteiger partial charge in [0.15, 0.2) is 6.23 Å². The zero-order valence-electron chi connectivity index (χ0n) is 5.61. The lowest BCUT2D eigenvalue weighted by Crippen LogP contribution is -2.31. The van der Waals surface area contributed by atoms with Crippen molar-refractivity contribution in [3.05, 3.63) is 0 Å². The zero-order valence-corrected chi connectivity index (χ0v) is 5.61. The number of rotatable bonds is 1. The summed E-state index contributed by atoms with van der Waals surface area (Å²) in [5.74, 6) is 0.437. The maximum Gasteiger partial charge on any atom is 0.213 e. The minimum atomic E-state index is -0.887. The predicted octanol–water partition coefficient (Wildman–Crippen LogP) is -1.65. The van der Waals surface area contributed by atoms with Gasteiger partial charge in [0.25, 0.3) is 0 Å². The largest absolute Gasteiger partial charge is 0.367 e. The van der Waals surface area contributed by atoms with Gasteiger partial charge in [-0.05, 0) is 0 Å². The fraction of sp³-hybridized carbons (Fsp3) is 0.600. The second kappa shape index (κ2) is 2.66. The van der Waals surface area contributed by atoms with Crippen molar-refractivity contribution in [1.29, 1.82) is 0 Å². The van der Waals surface area contributed by atoms with E-state index < -0.39 is 6.23 Å². The Kier molecular flexibility index (Phi) is 1.86. The Morgan fingerprint density at radius 1 is 2.00 bits per heavy atom. The van der Waals surface area contributed by atoms with Crippen LogP contribution < -0.4 is 5.32 Å². The third-order valence-corrected chi connectivity index (χ3v) is 1.38. The molecular weight excluding hydrogens is 134 g/mol. The molecule has 1 atom stereocenters. The lowest BCUT2D eigenvalue weighted by molar-refractivity contribution is -0.122. The maximum atomic E-state index is 10.1. The first-order valence-corrected chi connectivity index (χ1v) is 2.89. The minimum absolute atomic E-state index is 0.331. The van der Waals surface area contributed by atoms with Crippen LogP contribution in [0.4, 0.5) is 0 Å². The van der Waals surface area contributed by atoms with Gasteiger partial charge in [-0.1, -0.05) is 0 Å². The molecule has 56 valence electrons. The number of aliphatic imine (C=N–C) groups is 1. The number of carbonyl (C=O) groups excluding carboxylic acids is 1. The Labute approximate surface area is 58.4 Å². The fourth-order valence-corrected chi connectivity index (χ4v) is 0.797. The number of amides is 1. The quantitative estimate of drug-likeness (QED) is 0.432. The highest BCUT2D eigenvalue weighted by atomic mass is 16.3. The van der Waals surface area contributed by atoms with Gasteiger partial charge < -0.3 is 10.4 Å². The van der Waals surface area contributed by atoms with Gasteiger partial charge in [-0.3, -0.25) is 14.7 Å². The number of nitrogens with zero attached hydrogens (tertiary/aromatic N) is 2. The molecule has 0 aromatic heterocycles. The van der Waals surface area contributed by atoms with Crippen molar-refractivity contribution in [1.82, 2.24) is 10.2 Å². The van der Waals surface area contributed by atoms with Crippen LogP contribution in [-0.4, -0.2) is 42.2 Å². The maximum absolute atomic E-state index is 10.1. The van der Waals surface area contributed by atoms with Crippen LogP contribution >= 0.6 is 0 Å². The van der Waals surface area contributed by atoms with E-state index >= 15 is 0 Å². The molecule has 0 radical (unpaired) electrons. The minimum Gasteiger partial charge on any atom is -0.367 e. The Morgan fingerprint density at radius 2 is 2.70 bits per heavy atom. The molecule has 1 fully saturated rings. The molecule has 0 saturated carbocycles. The number of amidine groups is 1. The van der Waals surface area contributed by atoms with Crippen molar-refractivity contribution in [2.24, 2.45) is 4.99 Å². The van der Waals surface area contributed by atoms with E-state index in [1.807, 2.05) is 0 Å². The SMILES string of the molecule is CN=C1NCN(C=O)C1O. The number of hydrogen-bond acceptors (Lipinski definition) is 3. The van der Waals surface area contributed by atoms with Gasteiger partial charge in [-0.25, -0.2) is 0 Å². The summed E-state index contributed by atoms with van der Waals surface area (Å²) >= 11 is 0. The fourth-order valence-electron chi connectivity index (χ4n) is 0.797. The highest BCUT2D eigenvalue weighted by Gasteiger charge is 2.25. The molecule has 1 amide bonds. The van der Waals surface area contributed by atoms with Crippen LogP contribution in [0.15, 0.2) is 4.99 Å². The van der Waals surface area contributed by atoms with Gasteiger partial charge in [-0.2, -0.15) is 0 Å². The first-order chi connectivity index (χ1) is 4.79. The van der Waals surface area contributed by atoms with Gasteiger partial charge in [0, 0.05) is 7.05 Å². The lowest BCUT2D eigenvalue weighted by Gasteiger charge is -2.09. The normalized spacial score (nSPS) is 28.8. The van der Waals surface area contributed by atoms with Crippen LogP contribution in [0.5, 0.6) is 0 Å². The number of aliphatic hydroxyl groups excluding tert-OH is 1. The van der Waals surface area contributed by atoms with Gasteiger partial charge in [0.2, 0.25) is 6.41 Å². The first kappa shape index (κ1) is 7.01. The van der Waals surface area contributed by atoms with Crippen LogP contribution in [0.3, 0.4) is 0 Å². The van der Waals surface area contributed by atoms with E-state index in [0.717, 1.165) is 0 Å². The molecule has 1 unspecified atom stereocenters. The summed E-state index contributed by atoms with van der Waals surface area (Å²) in [6.07, 6.45) is -0.307. The Morgan fingerprint density at radius 3 is 3.00 bits per heavy atom. The molecule has 10 heavy (non-hydrogen) atoms. The van der Waals surface area contributed by atoms with Crippen molar-refractivity contribution in [2.45, 2.75) is 6.23 Å². The molecule has 0 bridgehead atoms. The Bertz CT molecular complexity index is 168. The van der Waals surface area contributed by atoms with E-state index in [9.17, 15) is 4.79 Å². The van der Waals surface area contributed by atoms with Crippen molar-refractivity contribution in [2.75, 3.05) is 13.7 Å². The van der Waals surface area contributed by atoms with E-state index in [4.69, 9.17) is 5.11 Å². The number of aliphatic hydroxyl groups is 1. The highest BCUT2D eigenvalue weighted by molar-refractivity contribution is 5.89. The van der Waals surface area contributed by atoms with Crippen LogP contribution in [0.1, 0.15) is 0 Å². The molecule has 1 aliphatic heterocycles. The Hall–Kier alpha value is -1.10. The monoisotopic (exact) mass is 143 g/mol. The van der Waals surface area contributed by atoms with Crippen LogP contribution in [-0.2, 0) is 4.79 Å². The summed E-state index contributed by atoms with van der Waals surface area (Å²) in [5.41, 5.74) is 0. The topological polar surface area (TPSA) is 64.9 Å². The zero-order chi connectivity index (χ0) is 7.56. The molecule has 0 aromatic carbocycles. The van der Waals surface area contributed by atoms with Crippen LogP contribution in [0.2, 0.25) is 0 Å². The standard InChI is InChI=1S/C5H9N3O2/c1-6-4-5(10)8(3-9)2-7-4/h3,5,10H,2H2,1H3,(H,6,7). The number of carbonyl (C=O) groups is 1. The summed E-state index contributed by atoms with van der Waals surface area (Å²) in [7, 11) is 1.56. The van der Waals surface area contributed by atoms with Crippen molar-refractivity contribution in [3.63, 3.8) is 0 Å². The molecule has 1 aliphatic rings. The summed E-state index contributed by atoms with van der Waals surface area (Å²) in [6, 6.07) is 0. The lowest BCUT2D eigenvalue weighted by atomic mass is 10.5. The van der Waals surface area contributed by atoms with Crippen molar-refractivity contribution in [3.8, 4) is 0 Å². The molecule has 5 nitrogen and oxygen atoms in total. The van der Waals surface area contributed by atoms with Gasteiger partial charge in [0.1, 0.15) is 5.84 Å². The number of nitrogens with one attached hydrogen (secondary N) is 1. The molecule has 5 heteroatoms. The molecule has 1 heterocycles. The second-order valence-electron chi connectivity index (χ2n) is 1.94. The third kappa shape index (κ3) is 0.950. The molecule has 0 spiro atoms. The molecule has 1 rings (SSSR count). The van der Waals surface area contributed by atoms with E-state index in [0.29, 0.717) is 18.9 Å². The smallest absolute Gasteiger partial charge is 0.213 e. The van der Waals surface area contributed by atoms with E-state index in [-0.39, 0.29) is 0 Å². The highest BCUT2D eigenvalue weighted by Crippen LogP contribution is 1.99. The summed E-state index contributed by atoms with van der Waals surface area (Å²) in [6.45, 7) is 0.331. The predicted molar refractivity (Wildman–Crippen MR) is 35.3 cm³/mol. The van der Waals surface area contributed by atoms with E-state index in [1.54, 1.807) is 7.05 Å². The third-order valence-electron chi connectivity index (χ3n) is 1.38. The van der Waals surface area contributed by atoms with E-state index in [2.05, 4.69) is 10.3 Å². The van der Waals surface area contributed by atoms with E-state index in [1.165, 1.54) is 4.90 Å². The van der Waals surface area contributed by atoms with Crippen LogP contribution in [0.25, 0.3) is 0 Å². The average Bonchev–Trinajstić information content (AvgIpc) is 2.30. The molecule has 0 aromatic rings. The van der Waals surface area contributed by atoms with Crippen molar-refractivity contribution < 1.29 is 9.90 Å². The molecular formula is C5H9N3O2. The summed E-state index contributed by atoms with van der Waals surface area (Å²) in [4.78, 5) is 15.1. The van der Waals surface area contributed by atoms with Gasteiger partial charge in [-0.15, -0.1) is 0 Å². The summed E-state index contributed by atoms with van der Waals surface area (Å²) in [5, 5.41) is 11.9. The molecule has 2 N–H and O–H groups in total. The molecule has 0 aliphatic carbocycles. The first-order valence-electron chi connectivity index (χ1n) is 2.89. The Balaban J connectivity index is 2.66. The van der Waals surface area contributed by atoms with Crippen LogP contribution in [0, 0.1) is 0 Å². The van der Waals surface area contributed by atoms with Crippen molar-refractivity contribution >= 4 is 12.2 Å². The average molecular weight is 143 g/mol. The summed E-state index contributed by atoms with van der Waals surface area (Å²) < 4.78 is 0. The molecule has 1 saturated heterocycles. The van der Waals surface area contributed by atoms with Gasteiger partial charge in [0.05, 0.1) is 6.67 Å².